The van der Waals surface area contributed by atoms with E-state index in [1.165, 1.54) is 11.1 Å². The van der Waals surface area contributed by atoms with E-state index in [2.05, 4.69) is 52.8 Å². The fourth-order valence-electron chi connectivity index (χ4n) is 7.15. The summed E-state index contributed by atoms with van der Waals surface area (Å²) in [5.74, 6) is -0.311. The Kier molecular flexibility index (Phi) is 6.55. The number of aromatic carboxylic acids is 1. The summed E-state index contributed by atoms with van der Waals surface area (Å²) in [6, 6.07) is 11.2. The van der Waals surface area contributed by atoms with E-state index < -0.39 is 21.8 Å². The third kappa shape index (κ3) is 5.09. The maximum atomic E-state index is 12.5. The lowest BCUT2D eigenvalue weighted by Crippen LogP contribution is -2.28. The molecule has 1 unspecified atom stereocenters. The molecule has 2 N–H and O–H groups in total. The minimum absolute atomic E-state index is 0.00614. The highest BCUT2D eigenvalue weighted by molar-refractivity contribution is 7.86. The summed E-state index contributed by atoms with van der Waals surface area (Å²) >= 11 is 0. The van der Waals surface area contributed by atoms with Gasteiger partial charge in [0.25, 0.3) is 10.1 Å². The first-order valence-corrected chi connectivity index (χ1v) is 16.0. The molecule has 4 aliphatic rings. The predicted octanol–water partition coefficient (Wildman–Crippen LogP) is 7.64. The SMILES string of the molecule is CCC1=CC(C)(C)Cc2cc3c(cc21)C(c1ccccc1C(=O)O)=C1C=C2C(CS(=O)(=O)O)=CC(C)(C)CC2C=C1O3. The Morgan fingerprint density at radius 1 is 1.00 bits per heavy atom. The number of carboxylic acid groups (broad SMARTS) is 1. The van der Waals surface area contributed by atoms with Gasteiger partial charge in [0.15, 0.2) is 0 Å². The molecule has 6 rings (SSSR count). The van der Waals surface area contributed by atoms with Crippen LogP contribution < -0.4 is 4.74 Å². The Balaban J connectivity index is 1.66. The van der Waals surface area contributed by atoms with Crippen LogP contribution in [0.25, 0.3) is 11.1 Å². The Labute approximate surface area is 247 Å². The molecule has 0 spiro atoms. The molecule has 1 heterocycles. The summed E-state index contributed by atoms with van der Waals surface area (Å²) < 4.78 is 40.5. The van der Waals surface area contributed by atoms with E-state index in [9.17, 15) is 22.9 Å². The summed E-state index contributed by atoms with van der Waals surface area (Å²) in [7, 11) is -4.28. The summed E-state index contributed by atoms with van der Waals surface area (Å²) in [5, 5.41) is 10.2. The molecule has 0 aromatic heterocycles. The monoisotopic (exact) mass is 584 g/mol. The van der Waals surface area contributed by atoms with Gasteiger partial charge >= 0.3 is 5.97 Å². The van der Waals surface area contributed by atoms with E-state index >= 15 is 0 Å². The van der Waals surface area contributed by atoms with Crippen LogP contribution in [0, 0.1) is 16.7 Å². The Bertz CT molecular complexity index is 1810. The van der Waals surface area contributed by atoms with Crippen molar-refractivity contribution in [3.8, 4) is 5.75 Å². The predicted molar refractivity (Wildman–Crippen MR) is 165 cm³/mol. The van der Waals surface area contributed by atoms with Crippen molar-refractivity contribution in [1.29, 1.82) is 0 Å². The zero-order valence-corrected chi connectivity index (χ0v) is 25.4. The Morgan fingerprint density at radius 2 is 1.71 bits per heavy atom. The van der Waals surface area contributed by atoms with Crippen LogP contribution in [0.15, 0.2) is 83.2 Å². The lowest BCUT2D eigenvalue weighted by molar-refractivity contribution is 0.0696. The smallest absolute Gasteiger partial charge is 0.336 e. The second-order valence-electron chi connectivity index (χ2n) is 13.3. The van der Waals surface area contributed by atoms with E-state index in [4.69, 9.17) is 4.74 Å². The van der Waals surface area contributed by atoms with Crippen molar-refractivity contribution in [2.24, 2.45) is 16.7 Å². The van der Waals surface area contributed by atoms with Gasteiger partial charge in [-0.3, -0.25) is 4.55 Å². The highest BCUT2D eigenvalue weighted by Gasteiger charge is 2.38. The van der Waals surface area contributed by atoms with Crippen LogP contribution in [0.3, 0.4) is 0 Å². The van der Waals surface area contributed by atoms with E-state index in [-0.39, 0.29) is 22.3 Å². The van der Waals surface area contributed by atoms with Gasteiger partial charge in [-0.25, -0.2) is 4.79 Å². The minimum atomic E-state index is -4.28. The fraction of sp³-hybridized carbons (Fsp3) is 0.343. The quantitative estimate of drug-likeness (QED) is 0.350. The molecule has 218 valence electrons. The molecule has 1 atom stereocenters. The van der Waals surface area contributed by atoms with Crippen molar-refractivity contribution >= 4 is 27.2 Å². The fourth-order valence-corrected chi connectivity index (χ4v) is 7.80. The highest BCUT2D eigenvalue weighted by atomic mass is 32.2. The number of fused-ring (bicyclic) bond motifs is 4. The minimum Gasteiger partial charge on any atom is -0.478 e. The average Bonchev–Trinajstić information content (AvgIpc) is 2.87. The van der Waals surface area contributed by atoms with Gasteiger partial charge in [-0.2, -0.15) is 8.42 Å². The molecule has 0 saturated carbocycles. The first-order valence-electron chi connectivity index (χ1n) is 14.4. The second-order valence-corrected chi connectivity index (χ2v) is 14.7. The topological polar surface area (TPSA) is 101 Å². The number of hydrogen-bond acceptors (Lipinski definition) is 4. The molecule has 6 nitrogen and oxygen atoms in total. The van der Waals surface area contributed by atoms with Gasteiger partial charge in [0.05, 0.1) is 5.56 Å². The van der Waals surface area contributed by atoms with Crippen molar-refractivity contribution in [3.63, 3.8) is 0 Å². The number of benzene rings is 2. The number of ether oxygens (including phenoxy) is 1. The third-order valence-corrected chi connectivity index (χ3v) is 9.34. The summed E-state index contributed by atoms with van der Waals surface area (Å²) in [5.41, 5.74) is 7.67. The summed E-state index contributed by atoms with van der Waals surface area (Å²) in [6.07, 6.45) is 10.7. The van der Waals surface area contributed by atoms with E-state index in [0.717, 1.165) is 41.5 Å². The van der Waals surface area contributed by atoms with Crippen LogP contribution in [0.5, 0.6) is 5.75 Å². The molecule has 2 aromatic rings. The summed E-state index contributed by atoms with van der Waals surface area (Å²) in [6.45, 7) is 10.7. The van der Waals surface area contributed by atoms with Crippen LogP contribution in [0.2, 0.25) is 0 Å². The third-order valence-electron chi connectivity index (χ3n) is 8.67. The molecule has 7 heteroatoms. The van der Waals surface area contributed by atoms with E-state index in [1.54, 1.807) is 12.1 Å². The first kappa shape index (κ1) is 28.4. The van der Waals surface area contributed by atoms with Crippen LogP contribution in [-0.4, -0.2) is 29.8 Å². The largest absolute Gasteiger partial charge is 0.478 e. The molecule has 0 saturated heterocycles. The maximum absolute atomic E-state index is 12.5. The molecule has 0 amide bonds. The zero-order valence-electron chi connectivity index (χ0n) is 24.6. The lowest BCUT2D eigenvalue weighted by Gasteiger charge is -2.39. The molecule has 3 aliphatic carbocycles. The molecular formula is C35H36O6S. The average molecular weight is 585 g/mol. The van der Waals surface area contributed by atoms with Gasteiger partial charge in [0.1, 0.15) is 17.3 Å². The van der Waals surface area contributed by atoms with Gasteiger partial charge in [0.2, 0.25) is 0 Å². The highest BCUT2D eigenvalue weighted by Crippen LogP contribution is 2.52. The number of carbonyl (C=O) groups is 1. The van der Waals surface area contributed by atoms with Crippen LogP contribution in [0.4, 0.5) is 0 Å². The van der Waals surface area contributed by atoms with Gasteiger partial charge in [0, 0.05) is 22.6 Å². The van der Waals surface area contributed by atoms with Gasteiger partial charge in [-0.15, -0.1) is 0 Å². The van der Waals surface area contributed by atoms with Crippen LogP contribution >= 0.6 is 0 Å². The van der Waals surface area contributed by atoms with Crippen molar-refractivity contribution in [3.05, 3.63) is 111 Å². The number of allylic oxidation sites excluding steroid dienone is 6. The maximum Gasteiger partial charge on any atom is 0.336 e. The van der Waals surface area contributed by atoms with Crippen molar-refractivity contribution in [2.45, 2.75) is 53.9 Å². The second kappa shape index (κ2) is 9.68. The number of rotatable bonds is 5. The van der Waals surface area contributed by atoms with Crippen molar-refractivity contribution in [2.75, 3.05) is 5.75 Å². The van der Waals surface area contributed by atoms with E-state index in [1.807, 2.05) is 30.4 Å². The lowest BCUT2D eigenvalue weighted by atomic mass is 9.68. The van der Waals surface area contributed by atoms with Crippen molar-refractivity contribution in [1.82, 2.24) is 0 Å². The Morgan fingerprint density at radius 3 is 2.40 bits per heavy atom. The van der Waals surface area contributed by atoms with Gasteiger partial charge < -0.3 is 9.84 Å². The van der Waals surface area contributed by atoms with Crippen LogP contribution in [0.1, 0.15) is 80.1 Å². The van der Waals surface area contributed by atoms with E-state index in [0.29, 0.717) is 28.2 Å². The zero-order chi connectivity index (χ0) is 30.2. The molecule has 0 radical (unpaired) electrons. The Hall–Kier alpha value is -3.68. The van der Waals surface area contributed by atoms with Gasteiger partial charge in [-0.1, -0.05) is 65.0 Å². The number of hydrogen-bond donors (Lipinski definition) is 2. The first-order chi connectivity index (χ1) is 19.6. The molecule has 1 aliphatic heterocycles. The number of carboxylic acids is 1. The summed E-state index contributed by atoms with van der Waals surface area (Å²) in [4.78, 5) is 12.5. The normalized spacial score (nSPS) is 21.8. The molecule has 2 aromatic carbocycles. The molecule has 0 bridgehead atoms. The molecular weight excluding hydrogens is 548 g/mol. The van der Waals surface area contributed by atoms with Crippen LogP contribution in [-0.2, 0) is 16.5 Å². The molecule has 42 heavy (non-hydrogen) atoms. The standard InChI is InChI=1S/C35H36O6S/c1-6-20-15-34(2,3)16-21-11-30-28(13-26(20)21)32(24-9-7-8-10-25(24)33(36)37)29-14-27-22(12-31(29)41-30)17-35(4,5)18-23(27)19-42(38,39)40/h7-15,18,22H,6,16-17,19H2,1-5H3,(H,36,37)(H,38,39,40). The molecule has 0 fully saturated rings. The van der Waals surface area contributed by atoms with Gasteiger partial charge in [-0.05, 0) is 93.9 Å². The van der Waals surface area contributed by atoms with Crippen molar-refractivity contribution < 1.29 is 27.6 Å².